The maximum absolute atomic E-state index is 14.2. The van der Waals surface area contributed by atoms with Crippen LogP contribution < -0.4 is 5.32 Å². The Labute approximate surface area is 231 Å². The molecule has 6 rings (SSSR count). The van der Waals surface area contributed by atoms with E-state index in [4.69, 9.17) is 0 Å². The molecule has 7 nitrogen and oxygen atoms in total. The van der Waals surface area contributed by atoms with E-state index in [1.54, 1.807) is 17.0 Å². The second-order valence-corrected chi connectivity index (χ2v) is 10.7. The van der Waals surface area contributed by atoms with Crippen molar-refractivity contribution in [2.45, 2.75) is 38.0 Å². The number of imide groups is 1. The summed E-state index contributed by atoms with van der Waals surface area (Å²) in [6.45, 7) is 3.74. The van der Waals surface area contributed by atoms with Crippen LogP contribution in [0.25, 0.3) is 0 Å². The number of hydrogen-bond acceptors (Lipinski definition) is 5. The fourth-order valence-corrected chi connectivity index (χ4v) is 6.21. The third-order valence-corrected chi connectivity index (χ3v) is 8.13. The number of hydrogen-bond donors (Lipinski definition) is 1. The van der Waals surface area contributed by atoms with Crippen LogP contribution in [0.3, 0.4) is 0 Å². The minimum atomic E-state index is -0.642. The number of piperidine rings is 1. The minimum absolute atomic E-state index is 0.170. The Bertz CT molecular complexity index is 1420. The van der Waals surface area contributed by atoms with Crippen LogP contribution in [0.4, 0.5) is 8.78 Å². The first-order valence-corrected chi connectivity index (χ1v) is 13.6. The molecule has 3 amide bonds. The van der Waals surface area contributed by atoms with Crippen LogP contribution in [-0.4, -0.2) is 64.6 Å². The zero-order chi connectivity index (χ0) is 27.8. The summed E-state index contributed by atoms with van der Waals surface area (Å²) >= 11 is 0. The smallest absolute Gasteiger partial charge is 0.255 e. The van der Waals surface area contributed by atoms with Crippen molar-refractivity contribution in [3.8, 4) is 0 Å². The Kier molecular flexibility index (Phi) is 7.16. The molecule has 0 aromatic heterocycles. The van der Waals surface area contributed by atoms with Gasteiger partial charge in [0.25, 0.3) is 5.91 Å². The topological polar surface area (TPSA) is 73.0 Å². The normalized spacial score (nSPS) is 20.2. The van der Waals surface area contributed by atoms with E-state index < -0.39 is 11.9 Å². The number of fused-ring (bicyclic) bond motifs is 1. The van der Waals surface area contributed by atoms with Crippen LogP contribution in [0, 0.1) is 11.6 Å². The van der Waals surface area contributed by atoms with Crippen molar-refractivity contribution >= 4 is 17.7 Å². The molecule has 0 bridgehead atoms. The molecule has 0 saturated carbocycles. The predicted octanol–water partition coefficient (Wildman–Crippen LogP) is 3.63. The first-order chi connectivity index (χ1) is 19.4. The lowest BCUT2D eigenvalue weighted by atomic mass is 9.96. The third kappa shape index (κ3) is 5.14. The highest BCUT2D eigenvalue weighted by molar-refractivity contribution is 6.06. The van der Waals surface area contributed by atoms with E-state index in [-0.39, 0.29) is 35.9 Å². The van der Waals surface area contributed by atoms with Crippen LogP contribution in [0.5, 0.6) is 0 Å². The summed E-state index contributed by atoms with van der Waals surface area (Å²) in [5, 5.41) is 2.35. The summed E-state index contributed by atoms with van der Waals surface area (Å²) in [5.74, 6) is -1.54. The van der Waals surface area contributed by atoms with Gasteiger partial charge < -0.3 is 4.90 Å². The number of rotatable bonds is 6. The average Bonchev–Trinajstić information content (AvgIpc) is 3.27. The Morgan fingerprint density at radius 3 is 2.12 bits per heavy atom. The zero-order valence-corrected chi connectivity index (χ0v) is 22.0. The standard InChI is InChI=1S/C31H30F2N4O3/c32-24-8-2-4-20(16-24)29(21-5-3-9-25(33)17-21)36-14-12-35(13-15-36)18-22-6-1-7-23-19-37(31(40)28(22)23)26-10-11-27(38)34-30(26)39/h1-9,16-17,26,29H,10-15,18-19H2,(H,34,38,39). The van der Waals surface area contributed by atoms with Gasteiger partial charge in [0.1, 0.15) is 17.7 Å². The summed E-state index contributed by atoms with van der Waals surface area (Å²) in [7, 11) is 0. The number of nitrogens with zero attached hydrogens (tertiary/aromatic N) is 3. The predicted molar refractivity (Wildman–Crippen MR) is 144 cm³/mol. The Hall–Kier alpha value is -3.95. The Morgan fingerprint density at radius 2 is 1.50 bits per heavy atom. The Balaban J connectivity index is 1.17. The summed E-state index contributed by atoms with van der Waals surface area (Å²) in [6, 6.07) is 17.8. The highest BCUT2D eigenvalue weighted by Gasteiger charge is 2.40. The van der Waals surface area contributed by atoms with Crippen LogP contribution in [0.1, 0.15) is 51.5 Å². The molecular weight excluding hydrogens is 514 g/mol. The SMILES string of the molecule is O=C1CCC(N2Cc3cccc(CN4CCN(C(c5cccc(F)c5)c5cccc(F)c5)CC4)c3C2=O)C(=O)N1. The number of amides is 3. The van der Waals surface area contributed by atoms with Gasteiger partial charge in [0, 0.05) is 51.3 Å². The molecule has 3 aromatic rings. The van der Waals surface area contributed by atoms with E-state index in [0.29, 0.717) is 38.2 Å². The zero-order valence-electron chi connectivity index (χ0n) is 22.0. The van der Waals surface area contributed by atoms with E-state index in [9.17, 15) is 23.2 Å². The van der Waals surface area contributed by atoms with Gasteiger partial charge in [-0.1, -0.05) is 42.5 Å². The quantitative estimate of drug-likeness (QED) is 0.480. The number of nitrogens with one attached hydrogen (secondary N) is 1. The van der Waals surface area contributed by atoms with Crippen molar-refractivity contribution in [2.75, 3.05) is 26.2 Å². The third-order valence-electron chi connectivity index (χ3n) is 8.13. The molecule has 40 heavy (non-hydrogen) atoms. The molecule has 3 heterocycles. The van der Waals surface area contributed by atoms with Gasteiger partial charge >= 0.3 is 0 Å². The van der Waals surface area contributed by atoms with Gasteiger partial charge in [0.05, 0.1) is 6.04 Å². The Morgan fingerprint density at radius 1 is 0.850 bits per heavy atom. The number of carbonyl (C=O) groups is 3. The molecule has 1 N–H and O–H groups in total. The number of carbonyl (C=O) groups excluding carboxylic acids is 3. The van der Waals surface area contributed by atoms with Gasteiger partial charge in [0.2, 0.25) is 11.8 Å². The summed E-state index contributed by atoms with van der Waals surface area (Å²) < 4.78 is 28.3. The molecule has 0 radical (unpaired) electrons. The highest BCUT2D eigenvalue weighted by Crippen LogP contribution is 2.33. The lowest BCUT2D eigenvalue weighted by Crippen LogP contribution is -2.52. The van der Waals surface area contributed by atoms with E-state index in [1.165, 1.54) is 24.3 Å². The fourth-order valence-electron chi connectivity index (χ4n) is 6.21. The van der Waals surface area contributed by atoms with E-state index >= 15 is 0 Å². The van der Waals surface area contributed by atoms with Crippen LogP contribution in [0.2, 0.25) is 0 Å². The molecular formula is C31H30F2N4O3. The largest absolute Gasteiger partial charge is 0.322 e. The second kappa shape index (κ2) is 10.9. The summed E-state index contributed by atoms with van der Waals surface area (Å²) in [4.78, 5) is 43.6. The van der Waals surface area contributed by atoms with E-state index in [1.807, 2.05) is 30.3 Å². The molecule has 0 spiro atoms. The first-order valence-electron chi connectivity index (χ1n) is 13.6. The molecule has 1 atom stereocenters. The van der Waals surface area contributed by atoms with Crippen molar-refractivity contribution in [1.82, 2.24) is 20.0 Å². The second-order valence-electron chi connectivity index (χ2n) is 10.7. The minimum Gasteiger partial charge on any atom is -0.322 e. The lowest BCUT2D eigenvalue weighted by molar-refractivity contribution is -0.136. The molecule has 3 aliphatic rings. The van der Waals surface area contributed by atoms with Crippen molar-refractivity contribution in [2.24, 2.45) is 0 Å². The van der Waals surface area contributed by atoms with Gasteiger partial charge in [-0.15, -0.1) is 0 Å². The number of halogens is 2. The first kappa shape index (κ1) is 26.3. The fraction of sp³-hybridized carbons (Fsp3) is 0.323. The van der Waals surface area contributed by atoms with Gasteiger partial charge in [-0.25, -0.2) is 8.78 Å². The lowest BCUT2D eigenvalue weighted by Gasteiger charge is -2.40. The molecule has 206 valence electrons. The van der Waals surface area contributed by atoms with Crippen molar-refractivity contribution in [3.63, 3.8) is 0 Å². The maximum atomic E-state index is 14.2. The van der Waals surface area contributed by atoms with Crippen molar-refractivity contribution < 1.29 is 23.2 Å². The van der Waals surface area contributed by atoms with Gasteiger partial charge in [-0.05, 0) is 52.9 Å². The van der Waals surface area contributed by atoms with Crippen molar-refractivity contribution in [3.05, 3.63) is 106 Å². The molecule has 1 unspecified atom stereocenters. The van der Waals surface area contributed by atoms with Crippen molar-refractivity contribution in [1.29, 1.82) is 0 Å². The van der Waals surface area contributed by atoms with Crippen LogP contribution >= 0.6 is 0 Å². The maximum Gasteiger partial charge on any atom is 0.255 e. The van der Waals surface area contributed by atoms with Gasteiger partial charge in [-0.2, -0.15) is 0 Å². The summed E-state index contributed by atoms with van der Waals surface area (Å²) in [5.41, 5.74) is 4.01. The average molecular weight is 545 g/mol. The molecule has 2 saturated heterocycles. The molecule has 3 aromatic carbocycles. The molecule has 2 fully saturated rings. The van der Waals surface area contributed by atoms with E-state index in [0.717, 1.165) is 35.3 Å². The number of benzene rings is 3. The molecule has 9 heteroatoms. The van der Waals surface area contributed by atoms with Crippen LogP contribution in [0.15, 0.2) is 66.7 Å². The van der Waals surface area contributed by atoms with Crippen LogP contribution in [-0.2, 0) is 22.7 Å². The highest BCUT2D eigenvalue weighted by atomic mass is 19.1. The monoisotopic (exact) mass is 544 g/mol. The van der Waals surface area contributed by atoms with Gasteiger partial charge in [0.15, 0.2) is 0 Å². The van der Waals surface area contributed by atoms with E-state index in [2.05, 4.69) is 15.1 Å². The number of piperazine rings is 1. The molecule has 3 aliphatic heterocycles. The van der Waals surface area contributed by atoms with Gasteiger partial charge in [-0.3, -0.25) is 29.5 Å². The summed E-state index contributed by atoms with van der Waals surface area (Å²) in [6.07, 6.45) is 0.555. The molecule has 0 aliphatic carbocycles.